The van der Waals surface area contributed by atoms with Crippen LogP contribution in [0.5, 0.6) is 0 Å². The molecule has 0 radical (unpaired) electrons. The van der Waals surface area contributed by atoms with Crippen LogP contribution in [-0.4, -0.2) is 26.1 Å². The first-order chi connectivity index (χ1) is 10.3. The minimum Gasteiger partial charge on any atom is -0.291 e. The largest absolute Gasteiger partial charge is 0.291 e. The molecule has 0 fully saturated rings. The van der Waals surface area contributed by atoms with Crippen molar-refractivity contribution < 1.29 is 4.79 Å². The monoisotopic (exact) mass is 279 g/mol. The third kappa shape index (κ3) is 1.96. The molecule has 0 atom stereocenters. The van der Waals surface area contributed by atoms with E-state index in [1.807, 2.05) is 24.3 Å². The summed E-state index contributed by atoms with van der Waals surface area (Å²) < 4.78 is 0. The molecule has 6 nitrogen and oxygen atoms in total. The molecular formula is C15H13N5O. The number of anilines is 1. The molecule has 3 aromatic rings. The van der Waals surface area contributed by atoms with E-state index in [-0.39, 0.29) is 5.91 Å². The summed E-state index contributed by atoms with van der Waals surface area (Å²) in [7, 11) is 0. The van der Waals surface area contributed by atoms with E-state index < -0.39 is 0 Å². The number of H-pyrrole nitrogens is 1. The van der Waals surface area contributed by atoms with Crippen LogP contribution in [-0.2, 0) is 12.8 Å². The van der Waals surface area contributed by atoms with E-state index in [4.69, 9.17) is 0 Å². The molecule has 2 heterocycles. The molecule has 0 aliphatic heterocycles. The lowest BCUT2D eigenvalue weighted by atomic mass is 10.0. The summed E-state index contributed by atoms with van der Waals surface area (Å²) in [6.07, 6.45) is 4.24. The maximum Gasteiger partial charge on any atom is 0.259 e. The number of carbonyl (C=O) groups is 1. The second kappa shape index (κ2) is 4.66. The van der Waals surface area contributed by atoms with Crippen molar-refractivity contribution in [2.24, 2.45) is 0 Å². The van der Waals surface area contributed by atoms with Crippen LogP contribution < -0.4 is 5.32 Å². The summed E-state index contributed by atoms with van der Waals surface area (Å²) in [4.78, 5) is 21.3. The first kappa shape index (κ1) is 12.0. The Labute approximate surface area is 120 Å². The molecule has 1 aliphatic carbocycles. The zero-order chi connectivity index (χ0) is 14.2. The van der Waals surface area contributed by atoms with Crippen LogP contribution in [0.2, 0.25) is 0 Å². The van der Waals surface area contributed by atoms with Crippen LogP contribution in [0.25, 0.3) is 10.9 Å². The Bertz CT molecular complexity index is 825. The van der Waals surface area contributed by atoms with Crippen molar-refractivity contribution in [1.29, 1.82) is 0 Å². The van der Waals surface area contributed by atoms with E-state index >= 15 is 0 Å². The lowest BCUT2D eigenvalue weighted by Gasteiger charge is -2.11. The van der Waals surface area contributed by atoms with Gasteiger partial charge in [-0.05, 0) is 30.9 Å². The molecule has 6 heteroatoms. The fourth-order valence-electron chi connectivity index (χ4n) is 2.91. The summed E-state index contributed by atoms with van der Waals surface area (Å²) in [6.45, 7) is 0. The van der Waals surface area contributed by atoms with Gasteiger partial charge in [-0.2, -0.15) is 10.1 Å². The predicted octanol–water partition coefficient (Wildman–Crippen LogP) is 2.09. The Morgan fingerprint density at radius 1 is 1.24 bits per heavy atom. The van der Waals surface area contributed by atoms with E-state index in [9.17, 15) is 4.79 Å². The Morgan fingerprint density at radius 2 is 2.14 bits per heavy atom. The summed E-state index contributed by atoms with van der Waals surface area (Å²) >= 11 is 0. The van der Waals surface area contributed by atoms with Crippen LogP contribution >= 0.6 is 0 Å². The highest BCUT2D eigenvalue weighted by Gasteiger charge is 2.24. The van der Waals surface area contributed by atoms with Crippen molar-refractivity contribution >= 4 is 22.8 Å². The number of para-hydroxylation sites is 1. The quantitative estimate of drug-likeness (QED) is 0.752. The Kier molecular flexibility index (Phi) is 2.67. The van der Waals surface area contributed by atoms with E-state index in [0.29, 0.717) is 11.5 Å². The summed E-state index contributed by atoms with van der Waals surface area (Å²) in [5.41, 5.74) is 3.67. The van der Waals surface area contributed by atoms with E-state index in [0.717, 1.165) is 41.4 Å². The molecule has 2 N–H and O–H groups in total. The van der Waals surface area contributed by atoms with Crippen LogP contribution in [0.3, 0.4) is 0 Å². The number of rotatable bonds is 2. The minimum atomic E-state index is -0.163. The van der Waals surface area contributed by atoms with Gasteiger partial charge < -0.3 is 0 Å². The molecule has 1 aliphatic rings. The summed E-state index contributed by atoms with van der Waals surface area (Å²) in [5.74, 6) is 0.191. The molecule has 104 valence electrons. The van der Waals surface area contributed by atoms with Crippen LogP contribution in [0.1, 0.15) is 28.0 Å². The molecule has 0 bridgehead atoms. The van der Waals surface area contributed by atoms with Crippen molar-refractivity contribution in [3.63, 3.8) is 0 Å². The predicted molar refractivity (Wildman–Crippen MR) is 78.1 cm³/mol. The molecule has 4 rings (SSSR count). The van der Waals surface area contributed by atoms with Crippen molar-refractivity contribution in [2.75, 3.05) is 5.32 Å². The van der Waals surface area contributed by atoms with E-state index in [1.165, 1.54) is 6.33 Å². The number of hydrogen-bond acceptors (Lipinski definition) is 4. The zero-order valence-corrected chi connectivity index (χ0v) is 11.3. The smallest absolute Gasteiger partial charge is 0.259 e. The maximum atomic E-state index is 12.7. The molecule has 1 aromatic carbocycles. The number of carbonyl (C=O) groups excluding carboxylic acids is 1. The fraction of sp³-hybridized carbons (Fsp3) is 0.200. The van der Waals surface area contributed by atoms with Gasteiger partial charge in [-0.15, -0.1) is 0 Å². The number of pyridine rings is 1. The number of fused-ring (bicyclic) bond motifs is 2. The van der Waals surface area contributed by atoms with Crippen molar-refractivity contribution in [3.8, 4) is 0 Å². The lowest BCUT2D eigenvalue weighted by Crippen LogP contribution is -2.16. The first-order valence-electron chi connectivity index (χ1n) is 6.90. The number of aromatic nitrogens is 4. The van der Waals surface area contributed by atoms with Gasteiger partial charge in [0.2, 0.25) is 5.95 Å². The molecule has 21 heavy (non-hydrogen) atoms. The third-order valence-electron chi connectivity index (χ3n) is 3.79. The highest BCUT2D eigenvalue weighted by molar-refractivity contribution is 6.13. The van der Waals surface area contributed by atoms with Gasteiger partial charge in [0, 0.05) is 11.1 Å². The van der Waals surface area contributed by atoms with E-state index in [1.54, 1.807) is 0 Å². The highest BCUT2D eigenvalue weighted by Crippen LogP contribution is 2.30. The third-order valence-corrected chi connectivity index (χ3v) is 3.79. The van der Waals surface area contributed by atoms with Crippen LogP contribution in [0, 0.1) is 0 Å². The number of amides is 1. The van der Waals surface area contributed by atoms with Crippen LogP contribution in [0.15, 0.2) is 30.6 Å². The number of nitrogens with zero attached hydrogens (tertiary/aromatic N) is 3. The van der Waals surface area contributed by atoms with Gasteiger partial charge in [-0.3, -0.25) is 15.1 Å². The average Bonchev–Trinajstić information content (AvgIpc) is 3.15. The molecule has 0 spiro atoms. The Hall–Kier alpha value is -2.76. The number of hydrogen-bond donors (Lipinski definition) is 2. The number of aromatic amines is 1. The zero-order valence-electron chi connectivity index (χ0n) is 11.3. The summed E-state index contributed by atoms with van der Waals surface area (Å²) in [5, 5.41) is 10.0. The molecule has 0 unspecified atom stereocenters. The van der Waals surface area contributed by atoms with Gasteiger partial charge in [0.05, 0.1) is 11.1 Å². The Morgan fingerprint density at radius 3 is 3.00 bits per heavy atom. The normalized spacial score (nSPS) is 13.3. The Balaban J connectivity index is 1.88. The van der Waals surface area contributed by atoms with Gasteiger partial charge >= 0.3 is 0 Å². The van der Waals surface area contributed by atoms with E-state index in [2.05, 4.69) is 25.5 Å². The highest BCUT2D eigenvalue weighted by atomic mass is 16.1. The SMILES string of the molecule is O=C(Nc1ncn[nH]1)c1c2c(nc3ccccc13)CCC2. The fourth-order valence-corrected chi connectivity index (χ4v) is 2.91. The van der Waals surface area contributed by atoms with Gasteiger partial charge in [-0.1, -0.05) is 18.2 Å². The first-order valence-corrected chi connectivity index (χ1v) is 6.90. The number of nitrogens with one attached hydrogen (secondary N) is 2. The van der Waals surface area contributed by atoms with Crippen molar-refractivity contribution in [1.82, 2.24) is 20.2 Å². The number of aryl methyl sites for hydroxylation is 1. The molecule has 2 aromatic heterocycles. The molecule has 1 amide bonds. The standard InChI is InChI=1S/C15H13N5O/c21-14(19-15-16-8-17-20-15)13-9-4-1-2-6-11(9)18-12-7-3-5-10(12)13/h1-2,4,6,8H,3,5,7H2,(H2,16,17,19,20,21). The van der Waals surface area contributed by atoms with Crippen molar-refractivity contribution in [3.05, 3.63) is 47.4 Å². The molecular weight excluding hydrogens is 266 g/mol. The maximum absolute atomic E-state index is 12.7. The summed E-state index contributed by atoms with van der Waals surface area (Å²) in [6, 6.07) is 7.75. The van der Waals surface area contributed by atoms with Gasteiger partial charge in [0.15, 0.2) is 0 Å². The number of benzene rings is 1. The van der Waals surface area contributed by atoms with Crippen LogP contribution in [0.4, 0.5) is 5.95 Å². The second-order valence-corrected chi connectivity index (χ2v) is 5.07. The topological polar surface area (TPSA) is 83.6 Å². The second-order valence-electron chi connectivity index (χ2n) is 5.07. The van der Waals surface area contributed by atoms with Crippen molar-refractivity contribution in [2.45, 2.75) is 19.3 Å². The van der Waals surface area contributed by atoms with Gasteiger partial charge in [-0.25, -0.2) is 5.10 Å². The molecule has 0 saturated carbocycles. The minimum absolute atomic E-state index is 0.163. The lowest BCUT2D eigenvalue weighted by molar-refractivity contribution is 0.102. The molecule has 0 saturated heterocycles. The average molecular weight is 279 g/mol. The van der Waals surface area contributed by atoms with Gasteiger partial charge in [0.1, 0.15) is 6.33 Å². The van der Waals surface area contributed by atoms with Gasteiger partial charge in [0.25, 0.3) is 5.91 Å².